The van der Waals surface area contributed by atoms with Gasteiger partial charge in [-0.3, -0.25) is 10.1 Å². The van der Waals surface area contributed by atoms with Crippen LogP contribution < -0.4 is 10.2 Å². The van der Waals surface area contributed by atoms with Crippen LogP contribution in [-0.4, -0.2) is 43.8 Å². The molecule has 12 heteroatoms. The van der Waals surface area contributed by atoms with Gasteiger partial charge in [0.2, 0.25) is 10.0 Å². The summed E-state index contributed by atoms with van der Waals surface area (Å²) in [7, 11) is -3.72. The maximum atomic E-state index is 13.0. The number of furan rings is 1. The van der Waals surface area contributed by atoms with Crippen LogP contribution in [0.3, 0.4) is 0 Å². The number of halogens is 2. The van der Waals surface area contributed by atoms with Crippen molar-refractivity contribution in [3.8, 4) is 0 Å². The van der Waals surface area contributed by atoms with Gasteiger partial charge in [0.15, 0.2) is 0 Å². The fraction of sp³-hybridized carbons (Fsp3) is 0.238. The SMILES string of the molecule is O=[N+]([O-])c1ccc(N2CCN(S(=O)(=O)c3ccc(Cl)c(Cl)c3)CC2)cc1NCc1ccco1. The van der Waals surface area contributed by atoms with Crippen molar-refractivity contribution in [3.05, 3.63) is 80.7 Å². The molecule has 3 aromatic rings. The van der Waals surface area contributed by atoms with Crippen LogP contribution in [0, 0.1) is 10.1 Å². The minimum Gasteiger partial charge on any atom is -0.467 e. The van der Waals surface area contributed by atoms with Crippen molar-refractivity contribution < 1.29 is 17.8 Å². The number of nitro benzene ring substituents is 1. The highest BCUT2D eigenvalue weighted by Gasteiger charge is 2.29. The Balaban J connectivity index is 1.48. The minimum atomic E-state index is -3.72. The summed E-state index contributed by atoms with van der Waals surface area (Å²) in [6, 6.07) is 12.6. The molecule has 0 bridgehead atoms. The van der Waals surface area contributed by atoms with Crippen molar-refractivity contribution in [2.75, 3.05) is 36.4 Å². The third-order valence-electron chi connectivity index (χ3n) is 5.34. The molecule has 1 aromatic heterocycles. The molecular formula is C21H20Cl2N4O5S. The molecule has 2 aromatic carbocycles. The molecule has 1 saturated heterocycles. The van der Waals surface area contributed by atoms with E-state index in [9.17, 15) is 18.5 Å². The molecule has 9 nitrogen and oxygen atoms in total. The maximum absolute atomic E-state index is 13.0. The lowest BCUT2D eigenvalue weighted by atomic mass is 10.2. The summed E-state index contributed by atoms with van der Waals surface area (Å²) >= 11 is 11.9. The van der Waals surface area contributed by atoms with E-state index in [4.69, 9.17) is 27.6 Å². The monoisotopic (exact) mass is 510 g/mol. The van der Waals surface area contributed by atoms with Crippen molar-refractivity contribution in [2.24, 2.45) is 0 Å². The van der Waals surface area contributed by atoms with E-state index in [1.807, 2.05) is 4.90 Å². The Labute approximate surface area is 200 Å². The molecule has 0 unspecified atom stereocenters. The van der Waals surface area contributed by atoms with Gasteiger partial charge in [-0.1, -0.05) is 23.2 Å². The molecule has 33 heavy (non-hydrogen) atoms. The van der Waals surface area contributed by atoms with E-state index >= 15 is 0 Å². The van der Waals surface area contributed by atoms with Crippen LogP contribution in [0.5, 0.6) is 0 Å². The molecule has 1 aliphatic heterocycles. The number of nitro groups is 1. The largest absolute Gasteiger partial charge is 0.467 e. The number of hydrogen-bond donors (Lipinski definition) is 1. The van der Waals surface area contributed by atoms with Gasteiger partial charge in [-0.15, -0.1) is 0 Å². The summed E-state index contributed by atoms with van der Waals surface area (Å²) in [6.07, 6.45) is 1.54. The summed E-state index contributed by atoms with van der Waals surface area (Å²) in [6.45, 7) is 1.67. The zero-order valence-electron chi connectivity index (χ0n) is 17.3. The second-order valence-corrected chi connectivity index (χ2v) is 10.1. The number of anilines is 2. The summed E-state index contributed by atoms with van der Waals surface area (Å²) < 4.78 is 32.6. The summed E-state index contributed by atoms with van der Waals surface area (Å²) in [4.78, 5) is 13.1. The first kappa shape index (κ1) is 23.4. The number of piperazine rings is 1. The van der Waals surface area contributed by atoms with Crippen molar-refractivity contribution >= 4 is 50.3 Å². The zero-order valence-corrected chi connectivity index (χ0v) is 19.6. The van der Waals surface area contributed by atoms with E-state index in [1.165, 1.54) is 34.8 Å². The average Bonchev–Trinajstić information content (AvgIpc) is 3.33. The summed E-state index contributed by atoms with van der Waals surface area (Å²) in [5.41, 5.74) is 1.07. The Kier molecular flexibility index (Phi) is 6.80. The molecule has 2 heterocycles. The molecule has 1 N–H and O–H groups in total. The smallest absolute Gasteiger partial charge is 0.292 e. The van der Waals surface area contributed by atoms with Crippen LogP contribution in [0.2, 0.25) is 10.0 Å². The van der Waals surface area contributed by atoms with Gasteiger partial charge in [-0.05, 0) is 42.5 Å². The van der Waals surface area contributed by atoms with Crippen LogP contribution in [0.25, 0.3) is 0 Å². The number of sulfonamides is 1. The number of benzene rings is 2. The van der Waals surface area contributed by atoms with E-state index in [1.54, 1.807) is 24.3 Å². The maximum Gasteiger partial charge on any atom is 0.292 e. The van der Waals surface area contributed by atoms with Gasteiger partial charge < -0.3 is 14.6 Å². The standard InChI is InChI=1S/C21H20Cl2N4O5S/c22-18-5-4-17(13-19(18)23)33(30,31)26-9-7-25(8-10-26)15-3-6-21(27(28)29)20(12-15)24-14-16-2-1-11-32-16/h1-6,11-13,24H,7-10,14H2. The molecule has 0 amide bonds. The first-order chi connectivity index (χ1) is 15.8. The molecule has 1 aliphatic rings. The van der Waals surface area contributed by atoms with Crippen LogP contribution in [0.15, 0.2) is 64.1 Å². The molecule has 0 atom stereocenters. The van der Waals surface area contributed by atoms with E-state index in [2.05, 4.69) is 5.32 Å². The first-order valence-corrected chi connectivity index (χ1v) is 12.2. The number of nitrogens with one attached hydrogen (secondary N) is 1. The summed E-state index contributed by atoms with van der Waals surface area (Å²) in [5, 5.41) is 15.0. The topological polar surface area (TPSA) is 109 Å². The average molecular weight is 511 g/mol. The van der Waals surface area contributed by atoms with Crippen molar-refractivity contribution in [1.29, 1.82) is 0 Å². The Bertz CT molecular complexity index is 1260. The van der Waals surface area contributed by atoms with Gasteiger partial charge in [0.25, 0.3) is 5.69 Å². The fourth-order valence-corrected chi connectivity index (χ4v) is 5.40. The summed E-state index contributed by atoms with van der Waals surface area (Å²) in [5.74, 6) is 0.649. The van der Waals surface area contributed by atoms with Gasteiger partial charge in [0.1, 0.15) is 11.4 Å². The molecule has 0 spiro atoms. The molecule has 1 fully saturated rings. The number of hydrogen-bond acceptors (Lipinski definition) is 7. The van der Waals surface area contributed by atoms with Crippen molar-refractivity contribution in [3.63, 3.8) is 0 Å². The van der Waals surface area contributed by atoms with Gasteiger partial charge >= 0.3 is 0 Å². The lowest BCUT2D eigenvalue weighted by Crippen LogP contribution is -2.48. The third kappa shape index (κ3) is 5.09. The second kappa shape index (κ2) is 9.60. The molecule has 0 aliphatic carbocycles. The zero-order chi connectivity index (χ0) is 23.6. The highest BCUT2D eigenvalue weighted by atomic mass is 35.5. The van der Waals surface area contributed by atoms with Crippen LogP contribution >= 0.6 is 23.2 Å². The Morgan fingerprint density at radius 1 is 1.03 bits per heavy atom. The Morgan fingerprint density at radius 2 is 1.79 bits per heavy atom. The van der Waals surface area contributed by atoms with E-state index < -0.39 is 14.9 Å². The van der Waals surface area contributed by atoms with E-state index in [0.29, 0.717) is 31.1 Å². The van der Waals surface area contributed by atoms with E-state index in [-0.39, 0.29) is 33.7 Å². The predicted molar refractivity (Wildman–Crippen MR) is 127 cm³/mol. The van der Waals surface area contributed by atoms with Crippen molar-refractivity contribution in [1.82, 2.24) is 4.31 Å². The highest BCUT2D eigenvalue weighted by Crippen LogP contribution is 2.32. The minimum absolute atomic E-state index is 0.0499. The quantitative estimate of drug-likeness (QED) is 0.364. The first-order valence-electron chi connectivity index (χ1n) is 10.0. The third-order valence-corrected chi connectivity index (χ3v) is 7.98. The van der Waals surface area contributed by atoms with Crippen LogP contribution in [-0.2, 0) is 16.6 Å². The van der Waals surface area contributed by atoms with Gasteiger partial charge in [0, 0.05) is 37.9 Å². The number of nitrogens with zero attached hydrogens (tertiary/aromatic N) is 3. The molecule has 4 rings (SSSR count). The Morgan fingerprint density at radius 3 is 2.42 bits per heavy atom. The molecule has 174 valence electrons. The van der Waals surface area contributed by atoms with Gasteiger partial charge in [-0.2, -0.15) is 4.31 Å². The van der Waals surface area contributed by atoms with E-state index in [0.717, 1.165) is 5.69 Å². The highest BCUT2D eigenvalue weighted by molar-refractivity contribution is 7.89. The van der Waals surface area contributed by atoms with Crippen LogP contribution in [0.1, 0.15) is 5.76 Å². The molecule has 0 radical (unpaired) electrons. The molecule has 0 saturated carbocycles. The van der Waals surface area contributed by atoms with Crippen LogP contribution in [0.4, 0.5) is 17.1 Å². The lowest BCUT2D eigenvalue weighted by molar-refractivity contribution is -0.384. The fourth-order valence-electron chi connectivity index (χ4n) is 3.59. The van der Waals surface area contributed by atoms with Crippen molar-refractivity contribution in [2.45, 2.75) is 11.4 Å². The lowest BCUT2D eigenvalue weighted by Gasteiger charge is -2.35. The van der Waals surface area contributed by atoms with Gasteiger partial charge in [-0.25, -0.2) is 8.42 Å². The Hall–Kier alpha value is -2.79. The predicted octanol–water partition coefficient (Wildman–Crippen LogP) is 4.62. The molecular weight excluding hydrogens is 491 g/mol. The normalized spacial score (nSPS) is 14.9. The second-order valence-electron chi connectivity index (χ2n) is 7.36. The number of rotatable bonds is 7. The van der Waals surface area contributed by atoms with Gasteiger partial charge in [0.05, 0.1) is 32.7 Å².